The predicted molar refractivity (Wildman–Crippen MR) is 234 cm³/mol. The summed E-state index contributed by atoms with van der Waals surface area (Å²) >= 11 is 1.86. The minimum absolute atomic E-state index is 0.539. The van der Waals surface area contributed by atoms with Crippen LogP contribution in [0.15, 0.2) is 200 Å². The smallest absolute Gasteiger partial charge is 0.140 e. The van der Waals surface area contributed by atoms with Crippen molar-refractivity contribution in [2.75, 3.05) is 4.90 Å². The van der Waals surface area contributed by atoms with Crippen molar-refractivity contribution >= 4 is 59.3 Å². The highest BCUT2D eigenvalue weighted by Gasteiger charge is 2.51. The van der Waals surface area contributed by atoms with Gasteiger partial charge in [-0.25, -0.2) is 0 Å². The zero-order chi connectivity index (χ0) is 36.8. The van der Waals surface area contributed by atoms with Gasteiger partial charge in [-0.3, -0.25) is 0 Å². The molecule has 1 atom stereocenters. The molecular weight excluding hydrogens is 699 g/mol. The van der Waals surface area contributed by atoms with Gasteiger partial charge in [-0.15, -0.1) is 11.3 Å². The Hall–Kier alpha value is -6.94. The highest BCUT2D eigenvalue weighted by Crippen LogP contribution is 2.63. The van der Waals surface area contributed by atoms with E-state index >= 15 is 0 Å². The molecule has 0 fully saturated rings. The summed E-state index contributed by atoms with van der Waals surface area (Å²) in [6.45, 7) is 0. The third-order valence-corrected chi connectivity index (χ3v) is 13.1. The van der Waals surface area contributed by atoms with Crippen molar-refractivity contribution in [2.24, 2.45) is 0 Å². The molecule has 56 heavy (non-hydrogen) atoms. The Bertz CT molecular complexity index is 3180. The van der Waals surface area contributed by atoms with E-state index in [9.17, 15) is 0 Å². The Morgan fingerprint density at radius 1 is 0.429 bits per heavy atom. The number of para-hydroxylation sites is 2. The molecule has 2 heterocycles. The molecule has 9 aromatic carbocycles. The summed E-state index contributed by atoms with van der Waals surface area (Å²) in [6.07, 6.45) is 0. The van der Waals surface area contributed by atoms with E-state index < -0.39 is 5.41 Å². The Morgan fingerprint density at radius 3 is 2.00 bits per heavy atom. The highest BCUT2D eigenvalue weighted by molar-refractivity contribution is 7.26. The third kappa shape index (κ3) is 4.38. The molecule has 0 bridgehead atoms. The third-order valence-electron chi connectivity index (χ3n) is 11.9. The molecule has 1 aliphatic carbocycles. The van der Waals surface area contributed by atoms with Gasteiger partial charge in [0.1, 0.15) is 11.5 Å². The first-order chi connectivity index (χ1) is 27.8. The number of fused-ring (bicyclic) bond motifs is 14. The minimum Gasteiger partial charge on any atom is -0.456 e. The Kier molecular flexibility index (Phi) is 6.75. The van der Waals surface area contributed by atoms with Crippen molar-refractivity contribution in [1.29, 1.82) is 0 Å². The van der Waals surface area contributed by atoms with Gasteiger partial charge in [0, 0.05) is 48.1 Å². The summed E-state index contributed by atoms with van der Waals surface area (Å²) in [5.41, 5.74) is 12.7. The van der Waals surface area contributed by atoms with Crippen LogP contribution in [0.2, 0.25) is 0 Å². The van der Waals surface area contributed by atoms with Gasteiger partial charge in [0.25, 0.3) is 0 Å². The Labute approximate surface area is 329 Å². The fraction of sp³-hybridized carbons (Fsp3) is 0.0189. The van der Waals surface area contributed by atoms with Crippen LogP contribution in [0.3, 0.4) is 0 Å². The second-order valence-electron chi connectivity index (χ2n) is 14.8. The van der Waals surface area contributed by atoms with E-state index in [1.807, 2.05) is 11.3 Å². The molecule has 2 aliphatic rings. The molecule has 1 aromatic heterocycles. The second kappa shape index (κ2) is 12.0. The van der Waals surface area contributed by atoms with Crippen LogP contribution < -0.4 is 9.64 Å². The zero-order valence-electron chi connectivity index (χ0n) is 30.3. The quantitative estimate of drug-likeness (QED) is 0.179. The maximum absolute atomic E-state index is 6.87. The average molecular weight is 732 g/mol. The van der Waals surface area contributed by atoms with Crippen molar-refractivity contribution in [2.45, 2.75) is 5.41 Å². The van der Waals surface area contributed by atoms with Crippen LogP contribution in [-0.4, -0.2) is 0 Å². The van der Waals surface area contributed by atoms with Crippen LogP contribution in [0.5, 0.6) is 11.5 Å². The number of ether oxygens (including phenoxy) is 1. The second-order valence-corrected chi connectivity index (χ2v) is 15.9. The predicted octanol–water partition coefficient (Wildman–Crippen LogP) is 14.8. The first kappa shape index (κ1) is 31.4. The maximum atomic E-state index is 6.87. The molecule has 1 unspecified atom stereocenters. The fourth-order valence-electron chi connectivity index (χ4n) is 9.56. The van der Waals surface area contributed by atoms with Gasteiger partial charge in [0.05, 0.1) is 11.1 Å². The summed E-state index contributed by atoms with van der Waals surface area (Å²) in [5, 5.41) is 4.88. The summed E-state index contributed by atoms with van der Waals surface area (Å²) in [5.74, 6) is 1.84. The average Bonchev–Trinajstić information content (AvgIpc) is 3.79. The number of anilines is 3. The highest BCUT2D eigenvalue weighted by atomic mass is 32.1. The number of hydrogen-bond donors (Lipinski definition) is 0. The number of thiophene rings is 1. The lowest BCUT2D eigenvalue weighted by molar-refractivity contribution is 0.442. The maximum Gasteiger partial charge on any atom is 0.140 e. The van der Waals surface area contributed by atoms with E-state index in [1.165, 1.54) is 75.8 Å². The molecule has 0 saturated heterocycles. The van der Waals surface area contributed by atoms with Gasteiger partial charge in [-0.1, -0.05) is 146 Å². The Balaban J connectivity index is 1.04. The molecule has 10 aromatic rings. The summed E-state index contributed by atoms with van der Waals surface area (Å²) in [6, 6.07) is 73.1. The van der Waals surface area contributed by atoms with E-state index in [1.54, 1.807) is 0 Å². The number of hydrogen-bond acceptors (Lipinski definition) is 3. The minimum atomic E-state index is -0.539. The van der Waals surface area contributed by atoms with Crippen LogP contribution in [-0.2, 0) is 5.41 Å². The van der Waals surface area contributed by atoms with Crippen LogP contribution in [0.25, 0.3) is 53.2 Å². The van der Waals surface area contributed by atoms with Crippen molar-refractivity contribution in [3.05, 3.63) is 222 Å². The van der Waals surface area contributed by atoms with E-state index in [0.29, 0.717) is 0 Å². The van der Waals surface area contributed by atoms with Gasteiger partial charge in [-0.2, -0.15) is 0 Å². The monoisotopic (exact) mass is 731 g/mol. The molecule has 0 radical (unpaired) electrons. The summed E-state index contributed by atoms with van der Waals surface area (Å²) in [4.78, 5) is 2.40. The lowest BCUT2D eigenvalue weighted by Crippen LogP contribution is -2.32. The number of benzene rings is 9. The largest absolute Gasteiger partial charge is 0.456 e. The van der Waals surface area contributed by atoms with Gasteiger partial charge < -0.3 is 9.64 Å². The first-order valence-corrected chi connectivity index (χ1v) is 20.0. The zero-order valence-corrected chi connectivity index (χ0v) is 31.1. The fourth-order valence-corrected chi connectivity index (χ4v) is 10.7. The topological polar surface area (TPSA) is 12.5 Å². The first-order valence-electron chi connectivity index (χ1n) is 19.2. The lowest BCUT2D eigenvalue weighted by Gasteiger charge is -2.40. The summed E-state index contributed by atoms with van der Waals surface area (Å²) < 4.78 is 9.47. The van der Waals surface area contributed by atoms with E-state index in [-0.39, 0.29) is 0 Å². The molecule has 0 amide bonds. The van der Waals surface area contributed by atoms with Crippen LogP contribution in [0.4, 0.5) is 17.1 Å². The lowest BCUT2D eigenvalue weighted by atomic mass is 9.65. The molecule has 0 saturated carbocycles. The molecule has 3 heteroatoms. The number of rotatable bonds is 4. The number of nitrogens with zero attached hydrogens (tertiary/aromatic N) is 1. The van der Waals surface area contributed by atoms with Crippen LogP contribution in [0.1, 0.15) is 22.3 Å². The van der Waals surface area contributed by atoms with Crippen LogP contribution >= 0.6 is 11.3 Å². The van der Waals surface area contributed by atoms with Crippen molar-refractivity contribution in [1.82, 2.24) is 0 Å². The Morgan fingerprint density at radius 2 is 1.11 bits per heavy atom. The van der Waals surface area contributed by atoms with Gasteiger partial charge in [0.15, 0.2) is 0 Å². The molecule has 0 N–H and O–H groups in total. The molecular formula is C53H33NOS. The standard InChI is InChI=1S/C53H33NOS/c1-2-14-37(15-3-1)54(47-21-12-24-50-51(47)42-18-7-11-23-49(42)56-50)38-29-25-34(26-30-38)36-27-31-41-40-17-6-8-19-43(40)53(46(41)33-36)44-20-9-10-22-48(44)55-52-39-16-5-4-13-35(39)28-32-45(52)53/h1-33H. The van der Waals surface area contributed by atoms with Crippen molar-refractivity contribution in [3.8, 4) is 33.8 Å². The molecule has 262 valence electrons. The van der Waals surface area contributed by atoms with E-state index in [0.717, 1.165) is 28.3 Å². The normalized spacial score (nSPS) is 15.0. The van der Waals surface area contributed by atoms with Gasteiger partial charge in [0.2, 0.25) is 0 Å². The van der Waals surface area contributed by atoms with Gasteiger partial charge in [-0.05, 0) is 93.4 Å². The van der Waals surface area contributed by atoms with Crippen LogP contribution in [0, 0.1) is 0 Å². The molecule has 1 spiro atoms. The van der Waals surface area contributed by atoms with E-state index in [4.69, 9.17) is 4.74 Å². The summed E-state index contributed by atoms with van der Waals surface area (Å²) in [7, 11) is 0. The molecule has 2 nitrogen and oxygen atoms in total. The SMILES string of the molecule is c1ccc(N(c2ccc(-c3ccc4c(c3)C3(c5ccccc5Oc5c3ccc3ccccc53)c3ccccc3-4)cc2)c2cccc3sc4ccccc4c23)cc1. The molecule has 1 aliphatic heterocycles. The molecule has 12 rings (SSSR count). The van der Waals surface area contributed by atoms with Gasteiger partial charge >= 0.3 is 0 Å². The van der Waals surface area contributed by atoms with Crippen molar-refractivity contribution in [3.63, 3.8) is 0 Å². The van der Waals surface area contributed by atoms with E-state index in [2.05, 4.69) is 205 Å². The van der Waals surface area contributed by atoms with Crippen molar-refractivity contribution < 1.29 is 4.74 Å².